The highest BCUT2D eigenvalue weighted by Crippen LogP contribution is 2.11. The zero-order valence-electron chi connectivity index (χ0n) is 11.4. The summed E-state index contributed by atoms with van der Waals surface area (Å²) in [6, 6.07) is 18.4. The van der Waals surface area contributed by atoms with Gasteiger partial charge in [-0.2, -0.15) is 0 Å². The van der Waals surface area contributed by atoms with E-state index >= 15 is 0 Å². The number of benzene rings is 2. The Bertz CT molecular complexity index is 578. The zero-order valence-corrected chi connectivity index (χ0v) is 11.4. The van der Waals surface area contributed by atoms with E-state index in [1.807, 2.05) is 43.3 Å². The summed E-state index contributed by atoms with van der Waals surface area (Å²) in [5.41, 5.74) is 1.59. The highest BCUT2D eigenvalue weighted by atomic mass is 16.2. The lowest BCUT2D eigenvalue weighted by atomic mass is 10.1. The van der Waals surface area contributed by atoms with E-state index in [-0.39, 0.29) is 24.2 Å². The van der Waals surface area contributed by atoms with Gasteiger partial charge in [0.1, 0.15) is 0 Å². The number of Topliss-reactive ketones (excluding diaryl/α,β-unsaturated/α-hetero) is 1. The quantitative estimate of drug-likeness (QED) is 0.668. The number of amides is 1. The van der Waals surface area contributed by atoms with Crippen LogP contribution in [-0.2, 0) is 4.79 Å². The molecule has 0 spiro atoms. The van der Waals surface area contributed by atoms with Gasteiger partial charge in [0.25, 0.3) is 0 Å². The van der Waals surface area contributed by atoms with E-state index < -0.39 is 0 Å². The van der Waals surface area contributed by atoms with Crippen LogP contribution in [0.1, 0.15) is 35.3 Å². The van der Waals surface area contributed by atoms with Crippen molar-refractivity contribution in [2.45, 2.75) is 19.4 Å². The lowest BCUT2D eigenvalue weighted by Crippen LogP contribution is -2.28. The summed E-state index contributed by atoms with van der Waals surface area (Å²) in [7, 11) is 0. The van der Waals surface area contributed by atoms with Gasteiger partial charge in [-0.3, -0.25) is 9.59 Å². The van der Waals surface area contributed by atoms with Crippen molar-refractivity contribution in [3.05, 3.63) is 71.8 Å². The molecule has 0 unspecified atom stereocenters. The third-order valence-corrected chi connectivity index (χ3v) is 3.09. The number of carbonyl (C=O) groups is 2. The first-order chi connectivity index (χ1) is 9.66. The number of hydrogen-bond donors (Lipinski definition) is 1. The lowest BCUT2D eigenvalue weighted by Gasteiger charge is -2.13. The van der Waals surface area contributed by atoms with E-state index in [2.05, 4.69) is 5.32 Å². The molecule has 20 heavy (non-hydrogen) atoms. The van der Waals surface area contributed by atoms with Gasteiger partial charge in [-0.1, -0.05) is 60.7 Å². The Kier molecular flexibility index (Phi) is 4.66. The maximum absolute atomic E-state index is 11.9. The molecule has 0 aromatic heterocycles. The fourth-order valence-electron chi connectivity index (χ4n) is 1.99. The molecular weight excluding hydrogens is 250 g/mol. The molecule has 0 saturated carbocycles. The van der Waals surface area contributed by atoms with E-state index in [9.17, 15) is 9.59 Å². The van der Waals surface area contributed by atoms with Crippen molar-refractivity contribution in [2.75, 3.05) is 0 Å². The fraction of sp³-hybridized carbons (Fsp3) is 0.176. The van der Waals surface area contributed by atoms with Gasteiger partial charge in [0, 0.05) is 5.56 Å². The number of hydrogen-bond acceptors (Lipinski definition) is 2. The number of nitrogens with one attached hydrogen (secondary N) is 1. The molecule has 0 aliphatic heterocycles. The van der Waals surface area contributed by atoms with Crippen molar-refractivity contribution in [1.82, 2.24) is 5.32 Å². The Morgan fingerprint density at radius 2 is 1.50 bits per heavy atom. The molecule has 0 bridgehead atoms. The number of ketones is 1. The van der Waals surface area contributed by atoms with Crippen LogP contribution in [0.5, 0.6) is 0 Å². The van der Waals surface area contributed by atoms with E-state index in [0.717, 1.165) is 5.56 Å². The Labute approximate surface area is 118 Å². The average Bonchev–Trinajstić information content (AvgIpc) is 2.49. The summed E-state index contributed by atoms with van der Waals surface area (Å²) in [6.07, 6.45) is -0.124. The Morgan fingerprint density at radius 3 is 2.10 bits per heavy atom. The average molecular weight is 267 g/mol. The Morgan fingerprint density at radius 1 is 0.950 bits per heavy atom. The van der Waals surface area contributed by atoms with Gasteiger partial charge < -0.3 is 5.32 Å². The van der Waals surface area contributed by atoms with Gasteiger partial charge in [-0.15, -0.1) is 0 Å². The lowest BCUT2D eigenvalue weighted by molar-refractivity contribution is -0.120. The van der Waals surface area contributed by atoms with Gasteiger partial charge in [-0.25, -0.2) is 0 Å². The predicted octanol–water partition coefficient (Wildman–Crippen LogP) is 3.14. The van der Waals surface area contributed by atoms with E-state index in [1.54, 1.807) is 24.3 Å². The van der Waals surface area contributed by atoms with Crippen molar-refractivity contribution >= 4 is 11.7 Å². The highest BCUT2D eigenvalue weighted by molar-refractivity contribution is 6.07. The van der Waals surface area contributed by atoms with Crippen LogP contribution < -0.4 is 5.32 Å². The summed E-state index contributed by atoms with van der Waals surface area (Å²) in [6.45, 7) is 1.90. The van der Waals surface area contributed by atoms with Crippen LogP contribution >= 0.6 is 0 Å². The highest BCUT2D eigenvalue weighted by Gasteiger charge is 2.14. The van der Waals surface area contributed by atoms with Crippen LogP contribution in [-0.4, -0.2) is 11.7 Å². The van der Waals surface area contributed by atoms with Crippen molar-refractivity contribution in [3.8, 4) is 0 Å². The van der Waals surface area contributed by atoms with Crippen molar-refractivity contribution < 1.29 is 9.59 Å². The van der Waals surface area contributed by atoms with Gasteiger partial charge in [0.2, 0.25) is 5.91 Å². The van der Waals surface area contributed by atoms with Crippen LogP contribution in [0, 0.1) is 0 Å². The third-order valence-electron chi connectivity index (χ3n) is 3.09. The molecule has 0 aliphatic carbocycles. The monoisotopic (exact) mass is 267 g/mol. The molecule has 102 valence electrons. The second-order valence-electron chi connectivity index (χ2n) is 4.67. The third kappa shape index (κ3) is 3.79. The molecule has 2 rings (SSSR count). The summed E-state index contributed by atoms with van der Waals surface area (Å²) in [5.74, 6) is -0.418. The molecule has 1 N–H and O–H groups in total. The minimum Gasteiger partial charge on any atom is -0.349 e. The number of rotatable bonds is 5. The molecule has 0 saturated heterocycles. The molecule has 1 atom stereocenters. The molecular formula is C17H17NO2. The SMILES string of the molecule is C[C@@H](NC(=O)CC(=O)c1ccccc1)c1ccccc1. The summed E-state index contributed by atoms with van der Waals surface area (Å²) in [4.78, 5) is 23.8. The maximum atomic E-state index is 11.9. The molecule has 2 aromatic carbocycles. The standard InChI is InChI=1S/C17H17NO2/c1-13(14-8-4-2-5-9-14)18-17(20)12-16(19)15-10-6-3-7-11-15/h2-11,13H,12H2,1H3,(H,18,20)/t13-/m1/s1. The van der Waals surface area contributed by atoms with Crippen molar-refractivity contribution in [1.29, 1.82) is 0 Å². The normalized spacial score (nSPS) is 11.7. The van der Waals surface area contributed by atoms with Crippen LogP contribution in [0.3, 0.4) is 0 Å². The summed E-state index contributed by atoms with van der Waals surface area (Å²) in [5, 5.41) is 2.84. The van der Waals surface area contributed by atoms with Crippen LogP contribution in [0.4, 0.5) is 0 Å². The van der Waals surface area contributed by atoms with Gasteiger partial charge in [0.15, 0.2) is 5.78 Å². The molecule has 0 radical (unpaired) electrons. The smallest absolute Gasteiger partial charge is 0.228 e. The summed E-state index contributed by atoms with van der Waals surface area (Å²) >= 11 is 0. The Balaban J connectivity index is 1.91. The summed E-state index contributed by atoms with van der Waals surface area (Å²) < 4.78 is 0. The number of carbonyl (C=O) groups excluding carboxylic acids is 2. The van der Waals surface area contributed by atoms with Crippen molar-refractivity contribution in [3.63, 3.8) is 0 Å². The van der Waals surface area contributed by atoms with E-state index in [0.29, 0.717) is 5.56 Å². The van der Waals surface area contributed by atoms with E-state index in [4.69, 9.17) is 0 Å². The largest absolute Gasteiger partial charge is 0.349 e. The first-order valence-electron chi connectivity index (χ1n) is 6.59. The first kappa shape index (κ1) is 14.0. The van der Waals surface area contributed by atoms with Crippen LogP contribution in [0.25, 0.3) is 0 Å². The van der Waals surface area contributed by atoms with Crippen LogP contribution in [0.15, 0.2) is 60.7 Å². The van der Waals surface area contributed by atoms with Crippen molar-refractivity contribution in [2.24, 2.45) is 0 Å². The molecule has 0 aliphatic rings. The second kappa shape index (κ2) is 6.66. The molecule has 2 aromatic rings. The minimum absolute atomic E-state index is 0.104. The second-order valence-corrected chi connectivity index (χ2v) is 4.67. The van der Waals surface area contributed by atoms with Gasteiger partial charge in [0.05, 0.1) is 12.5 Å². The molecule has 3 heteroatoms. The Hall–Kier alpha value is -2.42. The maximum Gasteiger partial charge on any atom is 0.228 e. The zero-order chi connectivity index (χ0) is 14.4. The minimum atomic E-state index is -0.254. The first-order valence-corrected chi connectivity index (χ1v) is 6.59. The topological polar surface area (TPSA) is 46.2 Å². The molecule has 0 heterocycles. The molecule has 1 amide bonds. The fourth-order valence-corrected chi connectivity index (χ4v) is 1.99. The molecule has 3 nitrogen and oxygen atoms in total. The van der Waals surface area contributed by atoms with Gasteiger partial charge >= 0.3 is 0 Å². The van der Waals surface area contributed by atoms with Gasteiger partial charge in [-0.05, 0) is 12.5 Å². The van der Waals surface area contributed by atoms with Crippen LogP contribution in [0.2, 0.25) is 0 Å². The predicted molar refractivity (Wildman–Crippen MR) is 78.4 cm³/mol. The van der Waals surface area contributed by atoms with E-state index in [1.165, 1.54) is 0 Å². The molecule has 0 fully saturated rings.